The van der Waals surface area contributed by atoms with Crippen molar-refractivity contribution in [3.63, 3.8) is 0 Å². The van der Waals surface area contributed by atoms with Gasteiger partial charge in [0, 0.05) is 10.5 Å². The van der Waals surface area contributed by atoms with Gasteiger partial charge in [-0.2, -0.15) is 0 Å². The summed E-state index contributed by atoms with van der Waals surface area (Å²) in [5, 5.41) is -0.0601. The standard InChI is InChI=1S/C16H16OS/c1-12-8-10-15(11-9-12)18-13(2)16(17)14-6-4-3-5-7-14/h3-11,13H,1-2H3. The van der Waals surface area contributed by atoms with Gasteiger partial charge in [0.2, 0.25) is 0 Å². The summed E-state index contributed by atoms with van der Waals surface area (Å²) < 4.78 is 0. The molecule has 0 amide bonds. The van der Waals surface area contributed by atoms with Gasteiger partial charge in [0.15, 0.2) is 5.78 Å². The molecule has 0 N–H and O–H groups in total. The molecule has 0 heterocycles. The zero-order chi connectivity index (χ0) is 13.0. The van der Waals surface area contributed by atoms with Gasteiger partial charge in [-0.3, -0.25) is 4.79 Å². The third-order valence-corrected chi connectivity index (χ3v) is 3.87. The topological polar surface area (TPSA) is 17.1 Å². The lowest BCUT2D eigenvalue weighted by Gasteiger charge is -2.10. The Hall–Kier alpha value is -1.54. The number of rotatable bonds is 4. The molecule has 2 aromatic carbocycles. The predicted molar refractivity (Wildman–Crippen MR) is 77.3 cm³/mol. The molecular formula is C16H16OS. The number of hydrogen-bond donors (Lipinski definition) is 0. The number of ketones is 1. The van der Waals surface area contributed by atoms with Gasteiger partial charge in [0.1, 0.15) is 0 Å². The van der Waals surface area contributed by atoms with Crippen LogP contribution in [0.2, 0.25) is 0 Å². The smallest absolute Gasteiger partial charge is 0.175 e. The van der Waals surface area contributed by atoms with Crippen molar-refractivity contribution >= 4 is 17.5 Å². The van der Waals surface area contributed by atoms with E-state index in [1.807, 2.05) is 37.3 Å². The third kappa shape index (κ3) is 3.23. The van der Waals surface area contributed by atoms with Crippen LogP contribution in [0.1, 0.15) is 22.8 Å². The number of carbonyl (C=O) groups is 1. The number of thioether (sulfide) groups is 1. The van der Waals surface area contributed by atoms with Crippen LogP contribution in [0.25, 0.3) is 0 Å². The maximum Gasteiger partial charge on any atom is 0.175 e. The monoisotopic (exact) mass is 256 g/mol. The fraction of sp³-hybridized carbons (Fsp3) is 0.188. The number of aryl methyl sites for hydroxylation is 1. The molecule has 0 radical (unpaired) electrons. The van der Waals surface area contributed by atoms with Crippen LogP contribution < -0.4 is 0 Å². The van der Waals surface area contributed by atoms with E-state index in [9.17, 15) is 4.79 Å². The van der Waals surface area contributed by atoms with Crippen molar-refractivity contribution in [2.45, 2.75) is 24.0 Å². The average molecular weight is 256 g/mol. The molecule has 1 nitrogen and oxygen atoms in total. The molecular weight excluding hydrogens is 240 g/mol. The van der Waals surface area contributed by atoms with Crippen molar-refractivity contribution in [2.24, 2.45) is 0 Å². The van der Waals surface area contributed by atoms with Crippen molar-refractivity contribution in [1.29, 1.82) is 0 Å². The average Bonchev–Trinajstić information content (AvgIpc) is 2.41. The molecule has 1 unspecified atom stereocenters. The minimum Gasteiger partial charge on any atom is -0.293 e. The van der Waals surface area contributed by atoms with Gasteiger partial charge in [0.25, 0.3) is 0 Å². The van der Waals surface area contributed by atoms with Crippen molar-refractivity contribution in [3.05, 3.63) is 65.7 Å². The van der Waals surface area contributed by atoms with Crippen LogP contribution >= 0.6 is 11.8 Å². The molecule has 18 heavy (non-hydrogen) atoms. The van der Waals surface area contributed by atoms with E-state index in [-0.39, 0.29) is 11.0 Å². The van der Waals surface area contributed by atoms with Crippen LogP contribution in [-0.2, 0) is 0 Å². The second kappa shape index (κ2) is 5.87. The molecule has 2 rings (SSSR count). The molecule has 0 spiro atoms. The van der Waals surface area contributed by atoms with Crippen LogP contribution in [0.4, 0.5) is 0 Å². The highest BCUT2D eigenvalue weighted by Gasteiger charge is 2.15. The largest absolute Gasteiger partial charge is 0.293 e. The second-order valence-corrected chi connectivity index (χ2v) is 5.72. The Bertz CT molecular complexity index is 517. The Morgan fingerprint density at radius 2 is 1.61 bits per heavy atom. The van der Waals surface area contributed by atoms with Gasteiger partial charge in [-0.25, -0.2) is 0 Å². The predicted octanol–water partition coefficient (Wildman–Crippen LogP) is 4.36. The molecule has 0 aromatic heterocycles. The number of carbonyl (C=O) groups excluding carboxylic acids is 1. The summed E-state index contributed by atoms with van der Waals surface area (Å²) in [5.74, 6) is 0.182. The summed E-state index contributed by atoms with van der Waals surface area (Å²) in [5.41, 5.74) is 2.02. The first-order valence-corrected chi connectivity index (χ1v) is 6.87. The van der Waals surface area contributed by atoms with E-state index in [0.717, 1.165) is 10.5 Å². The lowest BCUT2D eigenvalue weighted by Crippen LogP contribution is -2.13. The molecule has 0 saturated heterocycles. The molecule has 1 atom stereocenters. The van der Waals surface area contributed by atoms with E-state index >= 15 is 0 Å². The SMILES string of the molecule is Cc1ccc(SC(C)C(=O)c2ccccc2)cc1. The Labute approximate surface area is 112 Å². The molecule has 0 fully saturated rings. The summed E-state index contributed by atoms with van der Waals surface area (Å²) >= 11 is 1.61. The van der Waals surface area contributed by atoms with Crippen molar-refractivity contribution in [2.75, 3.05) is 0 Å². The van der Waals surface area contributed by atoms with Gasteiger partial charge in [-0.1, -0.05) is 48.0 Å². The summed E-state index contributed by atoms with van der Waals surface area (Å²) in [6.45, 7) is 4.02. The fourth-order valence-corrected chi connectivity index (χ4v) is 2.66. The Morgan fingerprint density at radius 3 is 2.22 bits per heavy atom. The molecule has 0 aliphatic carbocycles. The van der Waals surface area contributed by atoms with Crippen LogP contribution in [0.5, 0.6) is 0 Å². The van der Waals surface area contributed by atoms with Crippen LogP contribution in [-0.4, -0.2) is 11.0 Å². The first kappa shape index (κ1) is 12.9. The molecule has 0 aliphatic heterocycles. The summed E-state index contributed by atoms with van der Waals surface area (Å²) in [4.78, 5) is 13.3. The van der Waals surface area contributed by atoms with Gasteiger partial charge in [0.05, 0.1) is 5.25 Å². The normalized spacial score (nSPS) is 12.1. The van der Waals surface area contributed by atoms with E-state index in [2.05, 4.69) is 31.2 Å². The summed E-state index contributed by atoms with van der Waals surface area (Å²) in [7, 11) is 0. The highest BCUT2D eigenvalue weighted by atomic mass is 32.2. The van der Waals surface area contributed by atoms with Crippen LogP contribution in [0.15, 0.2) is 59.5 Å². The summed E-state index contributed by atoms with van der Waals surface area (Å²) in [6.07, 6.45) is 0. The zero-order valence-electron chi connectivity index (χ0n) is 10.6. The van der Waals surface area contributed by atoms with E-state index in [1.54, 1.807) is 11.8 Å². The number of benzene rings is 2. The fourth-order valence-electron chi connectivity index (χ4n) is 1.71. The highest BCUT2D eigenvalue weighted by molar-refractivity contribution is 8.00. The Morgan fingerprint density at radius 1 is 1.00 bits per heavy atom. The minimum absolute atomic E-state index is 0.0601. The van der Waals surface area contributed by atoms with Gasteiger partial charge < -0.3 is 0 Å². The number of hydrogen-bond acceptors (Lipinski definition) is 2. The maximum absolute atomic E-state index is 12.2. The zero-order valence-corrected chi connectivity index (χ0v) is 11.4. The maximum atomic E-state index is 12.2. The van der Waals surface area contributed by atoms with Gasteiger partial charge in [-0.05, 0) is 26.0 Å². The second-order valence-electron chi connectivity index (χ2n) is 4.30. The van der Waals surface area contributed by atoms with Crippen molar-refractivity contribution < 1.29 is 4.79 Å². The Kier molecular flexibility index (Phi) is 4.21. The van der Waals surface area contributed by atoms with Gasteiger partial charge >= 0.3 is 0 Å². The first-order valence-electron chi connectivity index (χ1n) is 5.99. The van der Waals surface area contributed by atoms with Crippen molar-refractivity contribution in [3.8, 4) is 0 Å². The highest BCUT2D eigenvalue weighted by Crippen LogP contribution is 2.25. The number of Topliss-reactive ketones (excluding diaryl/α,β-unsaturated/α-hetero) is 1. The molecule has 2 aromatic rings. The molecule has 92 valence electrons. The lowest BCUT2D eigenvalue weighted by molar-refractivity contribution is 0.0994. The van der Waals surface area contributed by atoms with E-state index in [1.165, 1.54) is 5.56 Å². The molecule has 0 aliphatic rings. The van der Waals surface area contributed by atoms with E-state index in [4.69, 9.17) is 0 Å². The van der Waals surface area contributed by atoms with E-state index in [0.29, 0.717) is 0 Å². The first-order chi connectivity index (χ1) is 8.66. The quantitative estimate of drug-likeness (QED) is 0.597. The summed E-state index contributed by atoms with van der Waals surface area (Å²) in [6, 6.07) is 17.7. The minimum atomic E-state index is -0.0601. The van der Waals surface area contributed by atoms with Crippen LogP contribution in [0, 0.1) is 6.92 Å². The van der Waals surface area contributed by atoms with E-state index < -0.39 is 0 Å². The van der Waals surface area contributed by atoms with Gasteiger partial charge in [-0.15, -0.1) is 11.8 Å². The Balaban J connectivity index is 2.06. The molecule has 2 heteroatoms. The molecule has 0 saturated carbocycles. The van der Waals surface area contributed by atoms with Crippen LogP contribution in [0.3, 0.4) is 0 Å². The van der Waals surface area contributed by atoms with Crippen molar-refractivity contribution in [1.82, 2.24) is 0 Å². The lowest BCUT2D eigenvalue weighted by atomic mass is 10.1. The third-order valence-electron chi connectivity index (χ3n) is 2.76. The molecule has 0 bridgehead atoms.